The molecular weight excluding hydrogens is 249 g/mol. The van der Waals surface area contributed by atoms with Crippen molar-refractivity contribution in [2.24, 2.45) is 0 Å². The maximum absolute atomic E-state index is 12.7. The molecule has 0 atom stereocenters. The van der Waals surface area contributed by atoms with Crippen LogP contribution in [0.1, 0.15) is 49.1 Å². The predicted octanol–water partition coefficient (Wildman–Crippen LogP) is 5.41. The van der Waals surface area contributed by atoms with Gasteiger partial charge < -0.3 is 0 Å². The molecule has 0 heterocycles. The smallest absolute Gasteiger partial charge is 0.166 e. The highest BCUT2D eigenvalue weighted by Crippen LogP contribution is 2.42. The van der Waals surface area contributed by atoms with Gasteiger partial charge in [0.25, 0.3) is 0 Å². The summed E-state index contributed by atoms with van der Waals surface area (Å²) in [6.07, 6.45) is 0.866. The van der Waals surface area contributed by atoms with E-state index in [1.807, 2.05) is 0 Å². The lowest BCUT2D eigenvalue weighted by Gasteiger charge is -2.24. The summed E-state index contributed by atoms with van der Waals surface area (Å²) in [5.41, 5.74) is -0.0385. The van der Waals surface area contributed by atoms with Gasteiger partial charge in [0.1, 0.15) is 0 Å². The van der Waals surface area contributed by atoms with Crippen LogP contribution >= 0.6 is 11.6 Å². The molecule has 0 aromatic heterocycles. The summed E-state index contributed by atoms with van der Waals surface area (Å²) in [4.78, 5) is 0. The van der Waals surface area contributed by atoms with Crippen molar-refractivity contribution in [1.82, 2.24) is 0 Å². The van der Waals surface area contributed by atoms with E-state index in [1.54, 1.807) is 6.07 Å². The molecule has 0 saturated heterocycles. The zero-order valence-corrected chi connectivity index (χ0v) is 10.1. The molecule has 1 aromatic rings. The highest BCUT2D eigenvalue weighted by atomic mass is 35.5. The summed E-state index contributed by atoms with van der Waals surface area (Å²) in [5.74, 6) is 0.193. The lowest BCUT2D eigenvalue weighted by Crippen LogP contribution is -2.10. The minimum Gasteiger partial charge on any atom is -0.166 e. The minimum absolute atomic E-state index is 0.105. The van der Waals surface area contributed by atoms with Crippen LogP contribution in [0.25, 0.3) is 0 Å². The van der Waals surface area contributed by atoms with Gasteiger partial charge in [-0.3, -0.25) is 0 Å². The maximum atomic E-state index is 12.7. The first kappa shape index (κ1) is 12.7. The minimum atomic E-state index is -4.36. The quantitative estimate of drug-likeness (QED) is 0.635. The Hall–Kier alpha value is -0.700. The molecule has 17 heavy (non-hydrogen) atoms. The Balaban J connectivity index is 2.35. The molecule has 0 amide bonds. The largest absolute Gasteiger partial charge is 0.417 e. The molecule has 94 valence electrons. The summed E-state index contributed by atoms with van der Waals surface area (Å²) < 4.78 is 38.1. The predicted molar refractivity (Wildman–Crippen MR) is 62.3 cm³/mol. The SMILES string of the molecule is FC(F)(F)c1cccc(C2CCCCC2)c1Cl. The zero-order valence-electron chi connectivity index (χ0n) is 9.36. The second kappa shape index (κ2) is 4.89. The second-order valence-corrected chi connectivity index (χ2v) is 4.92. The van der Waals surface area contributed by atoms with Crippen LogP contribution in [0.5, 0.6) is 0 Å². The zero-order chi connectivity index (χ0) is 12.5. The first-order valence-corrected chi connectivity index (χ1v) is 6.23. The third-order valence-electron chi connectivity index (χ3n) is 3.38. The summed E-state index contributed by atoms with van der Waals surface area (Å²) in [6, 6.07) is 4.24. The first-order valence-electron chi connectivity index (χ1n) is 5.86. The van der Waals surface area contributed by atoms with E-state index < -0.39 is 11.7 Å². The average molecular weight is 263 g/mol. The summed E-state index contributed by atoms with van der Waals surface area (Å²) in [6.45, 7) is 0. The molecule has 0 spiro atoms. The van der Waals surface area contributed by atoms with E-state index >= 15 is 0 Å². The fraction of sp³-hybridized carbons (Fsp3) is 0.538. The topological polar surface area (TPSA) is 0 Å². The Bertz CT molecular complexity index is 392. The Labute approximate surface area is 104 Å². The summed E-state index contributed by atoms with van der Waals surface area (Å²) >= 11 is 5.91. The molecule has 0 radical (unpaired) electrons. The van der Waals surface area contributed by atoms with Crippen molar-refractivity contribution in [3.63, 3.8) is 0 Å². The van der Waals surface area contributed by atoms with E-state index in [-0.39, 0.29) is 10.9 Å². The van der Waals surface area contributed by atoms with Crippen molar-refractivity contribution >= 4 is 11.6 Å². The van der Waals surface area contributed by atoms with Crippen molar-refractivity contribution in [3.05, 3.63) is 34.3 Å². The van der Waals surface area contributed by atoms with Gasteiger partial charge in [0, 0.05) is 0 Å². The molecule has 1 aromatic carbocycles. The van der Waals surface area contributed by atoms with Crippen LogP contribution in [0.15, 0.2) is 18.2 Å². The van der Waals surface area contributed by atoms with Gasteiger partial charge in [0.2, 0.25) is 0 Å². The van der Waals surface area contributed by atoms with Gasteiger partial charge in [-0.25, -0.2) is 0 Å². The lowest BCUT2D eigenvalue weighted by atomic mass is 9.83. The van der Waals surface area contributed by atoms with Gasteiger partial charge in [-0.1, -0.05) is 43.0 Å². The Kier molecular flexibility index (Phi) is 3.67. The van der Waals surface area contributed by atoms with Crippen LogP contribution in [-0.2, 0) is 6.18 Å². The summed E-state index contributed by atoms with van der Waals surface area (Å²) in [5, 5.41) is -0.105. The van der Waals surface area contributed by atoms with Crippen LogP contribution in [0, 0.1) is 0 Å². The molecule has 1 fully saturated rings. The lowest BCUT2D eigenvalue weighted by molar-refractivity contribution is -0.137. The van der Waals surface area contributed by atoms with Crippen molar-refractivity contribution < 1.29 is 13.2 Å². The number of halogens is 4. The van der Waals surface area contributed by atoms with E-state index in [4.69, 9.17) is 11.6 Å². The molecule has 4 heteroatoms. The molecule has 0 unspecified atom stereocenters. The van der Waals surface area contributed by atoms with E-state index in [1.165, 1.54) is 12.5 Å². The van der Waals surface area contributed by atoms with E-state index in [2.05, 4.69) is 0 Å². The second-order valence-electron chi connectivity index (χ2n) is 4.54. The normalized spacial score (nSPS) is 18.4. The van der Waals surface area contributed by atoms with Gasteiger partial charge in [-0.2, -0.15) is 13.2 Å². The maximum Gasteiger partial charge on any atom is 0.417 e. The van der Waals surface area contributed by atoms with Gasteiger partial charge in [-0.05, 0) is 30.4 Å². The molecule has 1 saturated carbocycles. The standard InChI is InChI=1S/C13H14ClF3/c14-12-10(9-5-2-1-3-6-9)7-4-8-11(12)13(15,16)17/h4,7-9H,1-3,5-6H2. The average Bonchev–Trinajstić information content (AvgIpc) is 2.29. The number of hydrogen-bond donors (Lipinski definition) is 0. The number of rotatable bonds is 1. The summed E-state index contributed by atoms with van der Waals surface area (Å²) in [7, 11) is 0. The van der Waals surface area contributed by atoms with Crippen LogP contribution in [0.2, 0.25) is 5.02 Å². The fourth-order valence-corrected chi connectivity index (χ4v) is 2.89. The highest BCUT2D eigenvalue weighted by molar-refractivity contribution is 6.32. The Morgan fingerprint density at radius 3 is 2.29 bits per heavy atom. The molecular formula is C13H14ClF3. The van der Waals surface area contributed by atoms with E-state index in [0.29, 0.717) is 5.56 Å². The molecule has 0 bridgehead atoms. The molecule has 1 aliphatic rings. The van der Waals surface area contributed by atoms with Crippen molar-refractivity contribution in [1.29, 1.82) is 0 Å². The van der Waals surface area contributed by atoms with Crippen molar-refractivity contribution in [3.8, 4) is 0 Å². The van der Waals surface area contributed by atoms with Crippen LogP contribution < -0.4 is 0 Å². The first-order chi connectivity index (χ1) is 8.00. The van der Waals surface area contributed by atoms with Crippen LogP contribution in [0.4, 0.5) is 13.2 Å². The van der Waals surface area contributed by atoms with Crippen LogP contribution in [-0.4, -0.2) is 0 Å². The monoisotopic (exact) mass is 262 g/mol. The Morgan fingerprint density at radius 1 is 1.06 bits per heavy atom. The number of benzene rings is 1. The van der Waals surface area contributed by atoms with Gasteiger partial charge in [-0.15, -0.1) is 0 Å². The highest BCUT2D eigenvalue weighted by Gasteiger charge is 2.34. The number of alkyl halides is 3. The molecule has 1 aliphatic carbocycles. The van der Waals surface area contributed by atoms with E-state index in [0.717, 1.165) is 31.7 Å². The third kappa shape index (κ3) is 2.76. The van der Waals surface area contributed by atoms with Gasteiger partial charge in [0.05, 0.1) is 10.6 Å². The molecule has 2 rings (SSSR count). The third-order valence-corrected chi connectivity index (χ3v) is 3.80. The van der Waals surface area contributed by atoms with Gasteiger partial charge >= 0.3 is 6.18 Å². The molecule has 0 nitrogen and oxygen atoms in total. The van der Waals surface area contributed by atoms with Crippen molar-refractivity contribution in [2.75, 3.05) is 0 Å². The fourth-order valence-electron chi connectivity index (χ4n) is 2.50. The molecule has 0 N–H and O–H groups in total. The molecule has 0 aliphatic heterocycles. The van der Waals surface area contributed by atoms with E-state index in [9.17, 15) is 13.2 Å². The number of hydrogen-bond acceptors (Lipinski definition) is 0. The van der Waals surface area contributed by atoms with Crippen LogP contribution in [0.3, 0.4) is 0 Å². The van der Waals surface area contributed by atoms with Gasteiger partial charge in [0.15, 0.2) is 0 Å². The Morgan fingerprint density at radius 2 is 1.71 bits per heavy atom. The van der Waals surface area contributed by atoms with Crippen molar-refractivity contribution in [2.45, 2.75) is 44.2 Å².